The third-order valence-electron chi connectivity index (χ3n) is 4.21. The van der Waals surface area contributed by atoms with Gasteiger partial charge in [-0.15, -0.1) is 11.3 Å². The molecule has 0 saturated heterocycles. The van der Waals surface area contributed by atoms with Crippen LogP contribution in [0, 0.1) is 18.8 Å². The number of hydrogen-bond donors (Lipinski definition) is 1. The van der Waals surface area contributed by atoms with E-state index in [1.165, 1.54) is 16.9 Å². The lowest BCUT2D eigenvalue weighted by atomic mass is 10.0. The van der Waals surface area contributed by atoms with Crippen LogP contribution in [0.15, 0.2) is 42.5 Å². The van der Waals surface area contributed by atoms with Crippen molar-refractivity contribution in [3.8, 4) is 0 Å². The first-order chi connectivity index (χ1) is 10.1. The van der Waals surface area contributed by atoms with E-state index in [2.05, 4.69) is 43.4 Å². The summed E-state index contributed by atoms with van der Waals surface area (Å²) in [6, 6.07) is 14.6. The molecular weight excluding hydrogens is 278 g/mol. The fourth-order valence-corrected chi connectivity index (χ4v) is 3.77. The lowest BCUT2D eigenvalue weighted by Gasteiger charge is -2.19. The van der Waals surface area contributed by atoms with Gasteiger partial charge in [0.2, 0.25) is 5.91 Å². The van der Waals surface area contributed by atoms with Gasteiger partial charge in [-0.25, -0.2) is 0 Å². The van der Waals surface area contributed by atoms with Crippen LogP contribution in [0.5, 0.6) is 0 Å². The average molecular weight is 299 g/mol. The summed E-state index contributed by atoms with van der Waals surface area (Å²) >= 11 is 1.70. The molecule has 1 fully saturated rings. The highest BCUT2D eigenvalue weighted by Crippen LogP contribution is 2.46. The Morgan fingerprint density at radius 1 is 1.29 bits per heavy atom. The highest BCUT2D eigenvalue weighted by atomic mass is 32.1. The van der Waals surface area contributed by atoms with Crippen LogP contribution in [-0.4, -0.2) is 5.91 Å². The number of aryl methyl sites for hydroxylation is 1. The second-order valence-electron chi connectivity index (χ2n) is 6.02. The first kappa shape index (κ1) is 14.3. The molecule has 21 heavy (non-hydrogen) atoms. The second kappa shape index (κ2) is 6.02. The van der Waals surface area contributed by atoms with Gasteiger partial charge in [0.25, 0.3) is 0 Å². The minimum Gasteiger partial charge on any atom is -0.349 e. The quantitative estimate of drug-likeness (QED) is 0.884. The van der Waals surface area contributed by atoms with Gasteiger partial charge in [-0.3, -0.25) is 4.79 Å². The molecule has 2 aromatic rings. The maximum atomic E-state index is 12.3. The van der Waals surface area contributed by atoms with E-state index in [9.17, 15) is 4.79 Å². The zero-order valence-corrected chi connectivity index (χ0v) is 13.3. The molecular formula is C18H21NOS. The van der Waals surface area contributed by atoms with Crippen molar-refractivity contribution in [3.63, 3.8) is 0 Å². The van der Waals surface area contributed by atoms with E-state index in [0.29, 0.717) is 18.3 Å². The predicted molar refractivity (Wildman–Crippen MR) is 87.4 cm³/mol. The highest BCUT2D eigenvalue weighted by molar-refractivity contribution is 7.12. The normalized spacial score (nSPS) is 21.8. The summed E-state index contributed by atoms with van der Waals surface area (Å²) in [6.45, 7) is 4.33. The lowest BCUT2D eigenvalue weighted by Crippen LogP contribution is -2.31. The van der Waals surface area contributed by atoms with Crippen LogP contribution in [0.4, 0.5) is 0 Å². The van der Waals surface area contributed by atoms with E-state index < -0.39 is 0 Å². The van der Waals surface area contributed by atoms with Crippen LogP contribution >= 0.6 is 11.3 Å². The average Bonchev–Trinajstić information content (AvgIpc) is 3.05. The van der Waals surface area contributed by atoms with Crippen molar-refractivity contribution in [3.05, 3.63) is 57.8 Å². The summed E-state index contributed by atoms with van der Waals surface area (Å²) in [4.78, 5) is 14.7. The molecule has 0 aliphatic heterocycles. The molecule has 0 radical (unpaired) electrons. The van der Waals surface area contributed by atoms with Crippen molar-refractivity contribution in [2.75, 3.05) is 0 Å². The molecule has 1 aromatic heterocycles. The Morgan fingerprint density at radius 2 is 2.00 bits per heavy atom. The van der Waals surface area contributed by atoms with Crippen LogP contribution in [0.2, 0.25) is 0 Å². The number of benzene rings is 1. The number of hydrogen-bond acceptors (Lipinski definition) is 2. The van der Waals surface area contributed by atoms with Crippen LogP contribution in [0.3, 0.4) is 0 Å². The summed E-state index contributed by atoms with van der Waals surface area (Å²) in [5, 5.41) is 3.25. The van der Waals surface area contributed by atoms with Gasteiger partial charge < -0.3 is 5.32 Å². The molecule has 1 amide bonds. The smallest absolute Gasteiger partial charge is 0.225 e. The van der Waals surface area contributed by atoms with Gasteiger partial charge >= 0.3 is 0 Å². The molecule has 3 atom stereocenters. The minimum absolute atomic E-state index is 0.129. The largest absolute Gasteiger partial charge is 0.349 e. The van der Waals surface area contributed by atoms with E-state index in [4.69, 9.17) is 0 Å². The molecule has 3 unspecified atom stereocenters. The molecule has 1 aromatic carbocycles. The summed E-state index contributed by atoms with van der Waals surface area (Å²) in [6.07, 6.45) is 1.70. The molecule has 2 nitrogen and oxygen atoms in total. The molecule has 3 heteroatoms. The Labute approximate surface area is 130 Å². The van der Waals surface area contributed by atoms with Gasteiger partial charge in [-0.1, -0.05) is 37.3 Å². The standard InChI is InChI=1S/C18H21NOS/c1-12-10-16(12)18(14-6-4-3-5-7-14)19-17(20)11-15-9-8-13(2)21-15/h3-9,12,16,18H,10-11H2,1-2H3,(H,19,20). The third-order valence-corrected chi connectivity index (χ3v) is 5.21. The Hall–Kier alpha value is -1.61. The molecule has 1 heterocycles. The van der Waals surface area contributed by atoms with Gasteiger partial charge in [-0.2, -0.15) is 0 Å². The summed E-state index contributed by atoms with van der Waals surface area (Å²) in [7, 11) is 0. The van der Waals surface area contributed by atoms with Crippen LogP contribution in [0.1, 0.15) is 34.7 Å². The monoisotopic (exact) mass is 299 g/mol. The molecule has 0 bridgehead atoms. The van der Waals surface area contributed by atoms with Crippen molar-refractivity contribution in [2.24, 2.45) is 11.8 Å². The maximum absolute atomic E-state index is 12.3. The number of carbonyl (C=O) groups excluding carboxylic acids is 1. The topological polar surface area (TPSA) is 29.1 Å². The van der Waals surface area contributed by atoms with Crippen molar-refractivity contribution < 1.29 is 4.79 Å². The molecule has 3 rings (SSSR count). The number of thiophene rings is 1. The third kappa shape index (κ3) is 3.53. The molecule has 1 aliphatic rings. The summed E-state index contributed by atoms with van der Waals surface area (Å²) in [5.74, 6) is 1.42. The van der Waals surface area contributed by atoms with E-state index >= 15 is 0 Å². The number of nitrogens with one attached hydrogen (secondary N) is 1. The van der Waals surface area contributed by atoms with Crippen molar-refractivity contribution in [1.29, 1.82) is 0 Å². The zero-order chi connectivity index (χ0) is 14.8. The first-order valence-corrected chi connectivity index (χ1v) is 8.35. The van der Waals surface area contributed by atoms with E-state index in [1.54, 1.807) is 11.3 Å². The fourth-order valence-electron chi connectivity index (χ4n) is 2.88. The molecule has 1 N–H and O–H groups in total. The van der Waals surface area contributed by atoms with Crippen LogP contribution < -0.4 is 5.32 Å². The van der Waals surface area contributed by atoms with Gasteiger partial charge in [0.05, 0.1) is 12.5 Å². The van der Waals surface area contributed by atoms with Crippen molar-refractivity contribution in [2.45, 2.75) is 32.7 Å². The first-order valence-electron chi connectivity index (χ1n) is 7.53. The van der Waals surface area contributed by atoms with E-state index in [0.717, 1.165) is 4.88 Å². The SMILES string of the molecule is Cc1ccc(CC(=O)NC(c2ccccc2)C2CC2C)s1. The molecule has 1 aliphatic carbocycles. The Kier molecular flexibility index (Phi) is 4.11. The van der Waals surface area contributed by atoms with Crippen molar-refractivity contribution in [1.82, 2.24) is 5.32 Å². The Balaban J connectivity index is 1.68. The molecule has 0 spiro atoms. The zero-order valence-electron chi connectivity index (χ0n) is 12.5. The molecule has 1 saturated carbocycles. The Bertz CT molecular complexity index is 619. The fraction of sp³-hybridized carbons (Fsp3) is 0.389. The van der Waals surface area contributed by atoms with Gasteiger partial charge in [0.1, 0.15) is 0 Å². The molecule has 110 valence electrons. The summed E-state index contributed by atoms with van der Waals surface area (Å²) < 4.78 is 0. The predicted octanol–water partition coefficient (Wildman–Crippen LogP) is 4.11. The number of carbonyl (C=O) groups is 1. The Morgan fingerprint density at radius 3 is 2.57 bits per heavy atom. The van der Waals surface area contributed by atoms with E-state index in [-0.39, 0.29) is 11.9 Å². The van der Waals surface area contributed by atoms with Crippen molar-refractivity contribution >= 4 is 17.2 Å². The second-order valence-corrected chi connectivity index (χ2v) is 7.39. The van der Waals surface area contributed by atoms with Gasteiger partial charge in [0, 0.05) is 9.75 Å². The maximum Gasteiger partial charge on any atom is 0.225 e. The van der Waals surface area contributed by atoms with Gasteiger partial charge in [-0.05, 0) is 42.9 Å². The lowest BCUT2D eigenvalue weighted by molar-refractivity contribution is -0.121. The number of rotatable bonds is 5. The highest BCUT2D eigenvalue weighted by Gasteiger charge is 2.40. The van der Waals surface area contributed by atoms with Gasteiger partial charge in [0.15, 0.2) is 0 Å². The minimum atomic E-state index is 0.129. The van der Waals surface area contributed by atoms with E-state index in [1.807, 2.05) is 18.2 Å². The number of amides is 1. The summed E-state index contributed by atoms with van der Waals surface area (Å²) in [5.41, 5.74) is 1.22. The van der Waals surface area contributed by atoms with Crippen LogP contribution in [0.25, 0.3) is 0 Å². The van der Waals surface area contributed by atoms with Crippen LogP contribution in [-0.2, 0) is 11.2 Å².